The average Bonchev–Trinajstić information content (AvgIpc) is 3.25. The van der Waals surface area contributed by atoms with E-state index in [9.17, 15) is 9.59 Å². The number of nitrogens with zero attached hydrogens (tertiary/aromatic N) is 1. The predicted octanol–water partition coefficient (Wildman–Crippen LogP) is 3.72. The summed E-state index contributed by atoms with van der Waals surface area (Å²) in [6.45, 7) is 4.21. The molecule has 1 atom stereocenters. The van der Waals surface area contributed by atoms with Gasteiger partial charge in [-0.05, 0) is 36.1 Å². The molecule has 0 fully saturated rings. The van der Waals surface area contributed by atoms with E-state index in [4.69, 9.17) is 21.1 Å². The molecule has 166 valence electrons. The topological polar surface area (TPSA) is 79.9 Å². The molecule has 0 spiro atoms. The number of hydrogen-bond donors (Lipinski definition) is 2. The number of rotatable bonds is 10. The lowest BCUT2D eigenvalue weighted by atomic mass is 9.95. The monoisotopic (exact) mass is 463 g/mol. The summed E-state index contributed by atoms with van der Waals surface area (Å²) >= 11 is 7.68. The normalized spacial score (nSPS) is 16.3. The summed E-state index contributed by atoms with van der Waals surface area (Å²) in [6.07, 6.45) is 0. The lowest BCUT2D eigenvalue weighted by Crippen LogP contribution is -2.48. The van der Waals surface area contributed by atoms with E-state index in [2.05, 4.69) is 21.6 Å². The Morgan fingerprint density at radius 2 is 2.00 bits per heavy atom. The van der Waals surface area contributed by atoms with Gasteiger partial charge in [-0.25, -0.2) is 9.59 Å². The van der Waals surface area contributed by atoms with Crippen molar-refractivity contribution in [2.24, 2.45) is 0 Å². The maximum atomic E-state index is 12.9. The van der Waals surface area contributed by atoms with E-state index in [1.54, 1.807) is 49.6 Å². The van der Waals surface area contributed by atoms with E-state index in [0.717, 1.165) is 5.56 Å². The fraction of sp³-hybridized carbons (Fsp3) is 0.364. The van der Waals surface area contributed by atoms with Gasteiger partial charge < -0.3 is 20.1 Å². The Hall–Kier alpha value is -2.39. The largest absolute Gasteiger partial charge is 0.463 e. The van der Waals surface area contributed by atoms with Crippen molar-refractivity contribution in [1.82, 2.24) is 15.5 Å². The number of ether oxygens (including phenoxy) is 2. The molecular formula is C22H26ClN3O4S. The minimum absolute atomic E-state index is 0.236. The van der Waals surface area contributed by atoms with Crippen molar-refractivity contribution in [2.45, 2.75) is 19.5 Å². The Morgan fingerprint density at radius 1 is 1.23 bits per heavy atom. The SMILES string of the molecule is CCOC(=O)C1=C(CN(CCOC)Cc2cccs2)NC(=O)N[C@H]1c1ccc(Cl)cc1. The lowest BCUT2D eigenvalue weighted by molar-refractivity contribution is -0.139. The van der Waals surface area contributed by atoms with Crippen molar-refractivity contribution in [2.75, 3.05) is 33.4 Å². The van der Waals surface area contributed by atoms with Gasteiger partial charge in [0, 0.05) is 42.3 Å². The molecule has 0 aliphatic carbocycles. The van der Waals surface area contributed by atoms with Gasteiger partial charge in [-0.15, -0.1) is 11.3 Å². The zero-order valence-electron chi connectivity index (χ0n) is 17.5. The maximum Gasteiger partial charge on any atom is 0.338 e. The molecule has 9 heteroatoms. The second kappa shape index (κ2) is 11.3. The van der Waals surface area contributed by atoms with E-state index < -0.39 is 12.0 Å². The summed E-state index contributed by atoms with van der Waals surface area (Å²) in [6, 6.07) is 10.1. The van der Waals surface area contributed by atoms with Crippen LogP contribution in [-0.4, -0.2) is 50.3 Å². The standard InChI is InChI=1S/C22H26ClN3O4S/c1-3-30-21(27)19-18(14-26(10-11-29-2)13-17-5-4-12-31-17)24-22(28)25-20(19)15-6-8-16(23)9-7-15/h4-9,12,20H,3,10-11,13-14H2,1-2H3,(H2,24,25,28)/t20-/m0/s1. The van der Waals surface area contributed by atoms with Crippen LogP contribution in [0.4, 0.5) is 4.79 Å². The average molecular weight is 464 g/mol. The number of hydrogen-bond acceptors (Lipinski definition) is 6. The first-order chi connectivity index (χ1) is 15.0. The van der Waals surface area contributed by atoms with Gasteiger partial charge in [0.25, 0.3) is 0 Å². The van der Waals surface area contributed by atoms with Crippen molar-refractivity contribution < 1.29 is 19.1 Å². The van der Waals surface area contributed by atoms with Crippen LogP contribution < -0.4 is 10.6 Å². The molecule has 0 bridgehead atoms. The van der Waals surface area contributed by atoms with Gasteiger partial charge in [0.15, 0.2) is 0 Å². The van der Waals surface area contributed by atoms with Crippen LogP contribution in [0.25, 0.3) is 0 Å². The molecule has 1 aromatic carbocycles. The predicted molar refractivity (Wildman–Crippen MR) is 121 cm³/mol. The van der Waals surface area contributed by atoms with Crippen molar-refractivity contribution in [1.29, 1.82) is 0 Å². The van der Waals surface area contributed by atoms with E-state index in [-0.39, 0.29) is 12.6 Å². The summed E-state index contributed by atoms with van der Waals surface area (Å²) in [5.41, 5.74) is 1.66. The summed E-state index contributed by atoms with van der Waals surface area (Å²) in [5, 5.41) is 8.27. The number of carbonyl (C=O) groups excluding carboxylic acids is 2. The Balaban J connectivity index is 1.97. The second-order valence-corrected chi connectivity index (χ2v) is 8.45. The first-order valence-electron chi connectivity index (χ1n) is 9.98. The second-order valence-electron chi connectivity index (χ2n) is 6.98. The van der Waals surface area contributed by atoms with E-state index in [1.807, 2.05) is 11.4 Å². The molecule has 2 aromatic rings. The van der Waals surface area contributed by atoms with Crippen LogP contribution in [-0.2, 0) is 20.8 Å². The molecule has 0 saturated heterocycles. The Kier molecular flexibility index (Phi) is 8.48. The molecule has 2 N–H and O–H groups in total. The number of amides is 2. The maximum absolute atomic E-state index is 12.9. The molecule has 2 heterocycles. The number of carbonyl (C=O) groups is 2. The molecule has 2 amide bonds. The highest BCUT2D eigenvalue weighted by molar-refractivity contribution is 7.09. The fourth-order valence-electron chi connectivity index (χ4n) is 3.38. The molecule has 0 saturated carbocycles. The third kappa shape index (κ3) is 6.30. The first kappa shape index (κ1) is 23.3. The van der Waals surface area contributed by atoms with Crippen molar-refractivity contribution in [3.63, 3.8) is 0 Å². The number of halogens is 1. The van der Waals surface area contributed by atoms with E-state index in [1.165, 1.54) is 4.88 Å². The third-order valence-corrected chi connectivity index (χ3v) is 5.92. The zero-order chi connectivity index (χ0) is 22.2. The zero-order valence-corrected chi connectivity index (χ0v) is 19.1. The van der Waals surface area contributed by atoms with Gasteiger partial charge in [0.05, 0.1) is 24.8 Å². The van der Waals surface area contributed by atoms with Crippen LogP contribution in [0, 0.1) is 0 Å². The van der Waals surface area contributed by atoms with Crippen LogP contribution in [0.2, 0.25) is 5.02 Å². The minimum atomic E-state index is -0.633. The highest BCUT2D eigenvalue weighted by Crippen LogP contribution is 2.29. The fourth-order valence-corrected chi connectivity index (χ4v) is 4.25. The summed E-state index contributed by atoms with van der Waals surface area (Å²) in [7, 11) is 1.65. The minimum Gasteiger partial charge on any atom is -0.463 e. The Labute approximate surface area is 191 Å². The summed E-state index contributed by atoms with van der Waals surface area (Å²) in [5.74, 6) is -0.465. The number of methoxy groups -OCH3 is 1. The smallest absolute Gasteiger partial charge is 0.338 e. The van der Waals surface area contributed by atoms with Gasteiger partial charge in [0.2, 0.25) is 0 Å². The van der Waals surface area contributed by atoms with E-state index >= 15 is 0 Å². The van der Waals surface area contributed by atoms with Gasteiger partial charge in [-0.2, -0.15) is 0 Å². The van der Waals surface area contributed by atoms with Crippen LogP contribution in [0.1, 0.15) is 23.4 Å². The van der Waals surface area contributed by atoms with Crippen LogP contribution >= 0.6 is 22.9 Å². The molecule has 0 unspecified atom stereocenters. The van der Waals surface area contributed by atoms with Crippen LogP contribution in [0.5, 0.6) is 0 Å². The molecule has 1 aliphatic heterocycles. The number of esters is 1. The van der Waals surface area contributed by atoms with Crippen molar-refractivity contribution in [3.05, 3.63) is 68.5 Å². The lowest BCUT2D eigenvalue weighted by Gasteiger charge is -2.32. The number of urea groups is 1. The Morgan fingerprint density at radius 3 is 2.65 bits per heavy atom. The number of nitrogens with one attached hydrogen (secondary N) is 2. The van der Waals surface area contributed by atoms with Gasteiger partial charge >= 0.3 is 12.0 Å². The highest BCUT2D eigenvalue weighted by Gasteiger charge is 2.34. The Bertz CT molecular complexity index is 915. The molecule has 1 aromatic heterocycles. The highest BCUT2D eigenvalue weighted by atomic mass is 35.5. The molecule has 31 heavy (non-hydrogen) atoms. The number of thiophene rings is 1. The van der Waals surface area contributed by atoms with Crippen molar-refractivity contribution in [3.8, 4) is 0 Å². The quantitative estimate of drug-likeness (QED) is 0.525. The molecule has 7 nitrogen and oxygen atoms in total. The molecular weight excluding hydrogens is 438 g/mol. The number of benzene rings is 1. The van der Waals surface area contributed by atoms with Gasteiger partial charge in [-0.1, -0.05) is 29.8 Å². The van der Waals surface area contributed by atoms with Gasteiger partial charge in [-0.3, -0.25) is 4.90 Å². The summed E-state index contributed by atoms with van der Waals surface area (Å²) in [4.78, 5) is 28.7. The molecule has 1 aliphatic rings. The van der Waals surface area contributed by atoms with Gasteiger partial charge in [0.1, 0.15) is 0 Å². The first-order valence-corrected chi connectivity index (χ1v) is 11.2. The van der Waals surface area contributed by atoms with Crippen LogP contribution in [0.3, 0.4) is 0 Å². The summed E-state index contributed by atoms with van der Waals surface area (Å²) < 4.78 is 10.6. The molecule has 0 radical (unpaired) electrons. The molecule has 3 rings (SSSR count). The van der Waals surface area contributed by atoms with Crippen molar-refractivity contribution >= 4 is 34.9 Å². The van der Waals surface area contributed by atoms with Crippen LogP contribution in [0.15, 0.2) is 53.0 Å². The van der Waals surface area contributed by atoms with E-state index in [0.29, 0.717) is 42.5 Å². The third-order valence-electron chi connectivity index (χ3n) is 4.81.